The summed E-state index contributed by atoms with van der Waals surface area (Å²) in [4.78, 5) is 12.4. The van der Waals surface area contributed by atoms with Crippen molar-refractivity contribution in [3.8, 4) is 0 Å². The zero-order chi connectivity index (χ0) is 15.5. The van der Waals surface area contributed by atoms with Crippen LogP contribution in [0, 0.1) is 5.41 Å². The summed E-state index contributed by atoms with van der Waals surface area (Å²) in [6.45, 7) is 3.53. The summed E-state index contributed by atoms with van der Waals surface area (Å²) in [7, 11) is 0. The van der Waals surface area contributed by atoms with Gasteiger partial charge in [0.1, 0.15) is 6.10 Å². The Morgan fingerprint density at radius 1 is 1.14 bits per heavy atom. The van der Waals surface area contributed by atoms with Gasteiger partial charge in [-0.2, -0.15) is 0 Å². The molecule has 1 aromatic carbocycles. The quantitative estimate of drug-likeness (QED) is 0.761. The van der Waals surface area contributed by atoms with E-state index in [-0.39, 0.29) is 12.1 Å². The van der Waals surface area contributed by atoms with Gasteiger partial charge in [-0.1, -0.05) is 40.9 Å². The van der Waals surface area contributed by atoms with Crippen molar-refractivity contribution in [1.82, 2.24) is 0 Å². The van der Waals surface area contributed by atoms with E-state index >= 15 is 0 Å². The summed E-state index contributed by atoms with van der Waals surface area (Å²) in [5.41, 5.74) is 0.155. The highest BCUT2D eigenvalue weighted by atomic mass is 79.9. The number of carbonyl (C=O) groups is 1. The molecular weight excluding hydrogens is 332 g/mol. The lowest BCUT2D eigenvalue weighted by molar-refractivity contribution is -0.168. The average molecular weight is 355 g/mol. The number of hydrogen-bond donors (Lipinski definition) is 1. The summed E-state index contributed by atoms with van der Waals surface area (Å²) < 4.78 is 6.73. The molecule has 0 bridgehead atoms. The van der Waals surface area contributed by atoms with Gasteiger partial charge in [-0.05, 0) is 50.8 Å². The van der Waals surface area contributed by atoms with Crippen molar-refractivity contribution in [2.45, 2.75) is 58.2 Å². The minimum absolute atomic E-state index is 0.227. The van der Waals surface area contributed by atoms with Crippen LogP contribution in [-0.2, 0) is 9.53 Å². The molecule has 3 nitrogen and oxygen atoms in total. The third-order valence-electron chi connectivity index (χ3n) is 4.29. The predicted molar refractivity (Wildman–Crippen MR) is 85.8 cm³/mol. The molecule has 1 heterocycles. The second kappa shape index (κ2) is 6.93. The van der Waals surface area contributed by atoms with Crippen molar-refractivity contribution in [2.75, 3.05) is 0 Å². The lowest BCUT2D eigenvalue weighted by atomic mass is 9.83. The number of aliphatic hydroxyl groups excluding tert-OH is 1. The molecule has 1 aliphatic rings. The highest BCUT2D eigenvalue weighted by Crippen LogP contribution is 2.33. The van der Waals surface area contributed by atoms with Crippen molar-refractivity contribution in [1.29, 1.82) is 0 Å². The Bertz CT molecular complexity index is 481. The third kappa shape index (κ3) is 4.07. The Morgan fingerprint density at radius 2 is 1.76 bits per heavy atom. The van der Waals surface area contributed by atoms with Crippen molar-refractivity contribution in [2.24, 2.45) is 5.41 Å². The van der Waals surface area contributed by atoms with Gasteiger partial charge in [0.25, 0.3) is 0 Å². The fraction of sp³-hybridized carbons (Fsp3) is 0.588. The van der Waals surface area contributed by atoms with Crippen LogP contribution >= 0.6 is 15.9 Å². The second-order valence-electron chi connectivity index (χ2n) is 6.32. The Kier molecular flexibility index (Phi) is 5.44. The van der Waals surface area contributed by atoms with Crippen LogP contribution in [0.15, 0.2) is 28.7 Å². The molecule has 0 spiro atoms. The molecule has 2 unspecified atom stereocenters. The van der Waals surface area contributed by atoms with Crippen LogP contribution < -0.4 is 0 Å². The first-order chi connectivity index (χ1) is 9.91. The van der Waals surface area contributed by atoms with E-state index in [4.69, 9.17) is 4.74 Å². The first kappa shape index (κ1) is 16.5. The zero-order valence-electron chi connectivity index (χ0n) is 12.6. The Balaban J connectivity index is 2.20. The van der Waals surface area contributed by atoms with Crippen molar-refractivity contribution in [3.63, 3.8) is 0 Å². The fourth-order valence-electron chi connectivity index (χ4n) is 2.59. The first-order valence-electron chi connectivity index (χ1n) is 7.56. The number of benzene rings is 1. The molecule has 4 heteroatoms. The number of cyclic esters (lactones) is 1. The summed E-state index contributed by atoms with van der Waals surface area (Å²) in [6, 6.07) is 7.89. The largest absolute Gasteiger partial charge is 0.457 e. The number of esters is 1. The monoisotopic (exact) mass is 354 g/mol. The van der Waals surface area contributed by atoms with Gasteiger partial charge in [-0.25, -0.2) is 0 Å². The molecular formula is C17H23BrO3. The summed E-state index contributed by atoms with van der Waals surface area (Å²) in [5.74, 6) is -0.315. The molecule has 2 rings (SSSR count). The van der Waals surface area contributed by atoms with E-state index in [1.165, 1.54) is 0 Å². The van der Waals surface area contributed by atoms with Crippen LogP contribution in [0.1, 0.15) is 57.6 Å². The van der Waals surface area contributed by atoms with Crippen molar-refractivity contribution >= 4 is 21.9 Å². The van der Waals surface area contributed by atoms with Gasteiger partial charge in [0.15, 0.2) is 0 Å². The molecule has 0 radical (unpaired) electrons. The van der Waals surface area contributed by atoms with E-state index in [0.717, 1.165) is 35.7 Å². The van der Waals surface area contributed by atoms with Crippen LogP contribution in [0.2, 0.25) is 0 Å². The number of rotatable bonds is 1. The Labute approximate surface area is 134 Å². The van der Waals surface area contributed by atoms with E-state index in [0.29, 0.717) is 6.42 Å². The van der Waals surface area contributed by atoms with Gasteiger partial charge in [-0.3, -0.25) is 4.79 Å². The third-order valence-corrected chi connectivity index (χ3v) is 4.82. The van der Waals surface area contributed by atoms with E-state index < -0.39 is 11.5 Å². The molecule has 1 saturated heterocycles. The molecule has 0 saturated carbocycles. The van der Waals surface area contributed by atoms with Gasteiger partial charge in [0.2, 0.25) is 0 Å². The van der Waals surface area contributed by atoms with Gasteiger partial charge >= 0.3 is 5.97 Å². The molecule has 0 aliphatic carbocycles. The molecule has 116 valence electrons. The van der Waals surface area contributed by atoms with Crippen LogP contribution in [-0.4, -0.2) is 17.2 Å². The van der Waals surface area contributed by atoms with Crippen LogP contribution in [0.25, 0.3) is 0 Å². The molecule has 1 N–H and O–H groups in total. The molecule has 0 amide bonds. The standard InChI is InChI=1S/C17H23BrO3/c1-17(2)15(19)7-5-3-4-6-14(21-16(17)20)12-8-10-13(18)11-9-12/h8-11,14-15,19H,3-7H2,1-2H3. The Morgan fingerprint density at radius 3 is 2.43 bits per heavy atom. The van der Waals surface area contributed by atoms with Crippen LogP contribution in [0.3, 0.4) is 0 Å². The molecule has 1 fully saturated rings. The van der Waals surface area contributed by atoms with Crippen molar-refractivity contribution < 1.29 is 14.6 Å². The van der Waals surface area contributed by atoms with Crippen molar-refractivity contribution in [3.05, 3.63) is 34.3 Å². The maximum absolute atomic E-state index is 12.4. The maximum Gasteiger partial charge on any atom is 0.314 e. The zero-order valence-corrected chi connectivity index (χ0v) is 14.2. The number of aliphatic hydroxyl groups is 1. The minimum atomic E-state index is -0.856. The fourth-order valence-corrected chi connectivity index (χ4v) is 2.86. The van der Waals surface area contributed by atoms with Gasteiger partial charge in [-0.15, -0.1) is 0 Å². The molecule has 0 aromatic heterocycles. The summed E-state index contributed by atoms with van der Waals surface area (Å²) in [6.07, 6.45) is 3.62. The van der Waals surface area contributed by atoms with E-state index in [2.05, 4.69) is 15.9 Å². The van der Waals surface area contributed by atoms with Gasteiger partial charge in [0.05, 0.1) is 11.5 Å². The SMILES string of the molecule is CC1(C)C(=O)OC(c2ccc(Br)cc2)CCCCCC1O. The van der Waals surface area contributed by atoms with Crippen LogP contribution in [0.5, 0.6) is 0 Å². The molecule has 1 aromatic rings. The van der Waals surface area contributed by atoms with Gasteiger partial charge in [0, 0.05) is 4.47 Å². The summed E-state index contributed by atoms with van der Waals surface area (Å²) >= 11 is 3.42. The normalized spacial score (nSPS) is 27.0. The topological polar surface area (TPSA) is 46.5 Å². The van der Waals surface area contributed by atoms with Gasteiger partial charge < -0.3 is 9.84 Å². The maximum atomic E-state index is 12.4. The minimum Gasteiger partial charge on any atom is -0.457 e. The van der Waals surface area contributed by atoms with Crippen LogP contribution in [0.4, 0.5) is 0 Å². The van der Waals surface area contributed by atoms with E-state index in [1.54, 1.807) is 13.8 Å². The number of hydrogen-bond acceptors (Lipinski definition) is 3. The molecule has 2 atom stereocenters. The Hall–Kier alpha value is -0.870. The van der Waals surface area contributed by atoms with E-state index in [1.807, 2.05) is 24.3 Å². The predicted octanol–water partition coefficient (Wildman–Crippen LogP) is 4.38. The highest BCUT2D eigenvalue weighted by molar-refractivity contribution is 9.10. The second-order valence-corrected chi connectivity index (χ2v) is 7.24. The first-order valence-corrected chi connectivity index (χ1v) is 8.35. The highest BCUT2D eigenvalue weighted by Gasteiger charge is 2.38. The summed E-state index contributed by atoms with van der Waals surface area (Å²) in [5, 5.41) is 10.2. The lowest BCUT2D eigenvalue weighted by Crippen LogP contribution is -2.39. The molecule has 1 aliphatic heterocycles. The average Bonchev–Trinajstić information content (AvgIpc) is 2.45. The number of ether oxygens (including phenoxy) is 1. The molecule has 21 heavy (non-hydrogen) atoms. The number of carbonyl (C=O) groups excluding carboxylic acids is 1. The smallest absolute Gasteiger partial charge is 0.314 e. The van der Waals surface area contributed by atoms with E-state index in [9.17, 15) is 9.90 Å². The number of halogens is 1. The lowest BCUT2D eigenvalue weighted by Gasteiger charge is -2.32.